The molecule has 0 N–H and O–H groups in total. The highest BCUT2D eigenvalue weighted by Gasteiger charge is 2.03. The van der Waals surface area contributed by atoms with Crippen molar-refractivity contribution in [2.75, 3.05) is 0 Å². The van der Waals surface area contributed by atoms with Crippen LogP contribution in [0.15, 0.2) is 36.4 Å². The number of hydrogen-bond acceptors (Lipinski definition) is 1. The maximum Gasteiger partial charge on any atom is 0.130 e. The van der Waals surface area contributed by atoms with Gasteiger partial charge in [-0.3, -0.25) is 0 Å². The topological polar surface area (TPSA) is 17.1 Å². The number of carbonyl (C=O) groups excluding carboxylic acids is 1. The third-order valence-electron chi connectivity index (χ3n) is 2.98. The molecule has 0 radical (unpaired) electrons. The lowest BCUT2D eigenvalue weighted by Gasteiger charge is -2.08. The predicted molar refractivity (Wildman–Crippen MR) is 67.7 cm³/mol. The number of aryl methyl sites for hydroxylation is 2. The van der Waals surface area contributed by atoms with E-state index in [1.54, 1.807) is 6.92 Å². The molecule has 0 bridgehead atoms. The Morgan fingerprint density at radius 3 is 2.44 bits per heavy atom. The van der Waals surface area contributed by atoms with E-state index >= 15 is 0 Å². The average Bonchev–Trinajstić information content (AvgIpc) is 2.28. The van der Waals surface area contributed by atoms with Crippen LogP contribution in [0.1, 0.15) is 24.5 Å². The fourth-order valence-electron chi connectivity index (χ4n) is 2.04. The zero-order valence-corrected chi connectivity index (χ0v) is 9.79. The van der Waals surface area contributed by atoms with Crippen molar-refractivity contribution < 1.29 is 4.79 Å². The van der Waals surface area contributed by atoms with Gasteiger partial charge in [-0.25, -0.2) is 0 Å². The molecule has 0 aromatic heterocycles. The lowest BCUT2D eigenvalue weighted by Crippen LogP contribution is -1.95. The van der Waals surface area contributed by atoms with E-state index < -0.39 is 0 Å². The molecule has 0 spiro atoms. The fourth-order valence-corrected chi connectivity index (χ4v) is 2.04. The van der Waals surface area contributed by atoms with Crippen LogP contribution < -0.4 is 0 Å². The summed E-state index contributed by atoms with van der Waals surface area (Å²) in [6.45, 7) is 3.77. The minimum Gasteiger partial charge on any atom is -0.300 e. The fraction of sp³-hybridized carbons (Fsp3) is 0.267. The standard InChI is InChI=1S/C15H16O/c1-11-7-9-13(10-8-12(2)16)15-6-4-3-5-14(11)15/h3-7,9H,8,10H2,1-2H3. The number of carbonyl (C=O) groups is 1. The van der Waals surface area contributed by atoms with Crippen LogP contribution in [-0.4, -0.2) is 5.78 Å². The second kappa shape index (κ2) is 4.48. The Bertz CT molecular complexity index is 526. The van der Waals surface area contributed by atoms with Crippen LogP contribution >= 0.6 is 0 Å². The minimum atomic E-state index is 0.254. The van der Waals surface area contributed by atoms with Crippen LogP contribution in [-0.2, 0) is 11.2 Å². The van der Waals surface area contributed by atoms with Gasteiger partial charge in [0.2, 0.25) is 0 Å². The van der Waals surface area contributed by atoms with Crippen molar-refractivity contribution in [3.05, 3.63) is 47.5 Å². The second-order valence-electron chi connectivity index (χ2n) is 4.29. The van der Waals surface area contributed by atoms with Gasteiger partial charge in [-0.1, -0.05) is 36.4 Å². The zero-order valence-electron chi connectivity index (χ0n) is 9.79. The molecule has 0 heterocycles. The lowest BCUT2D eigenvalue weighted by molar-refractivity contribution is -0.116. The van der Waals surface area contributed by atoms with Crippen LogP contribution in [0.3, 0.4) is 0 Å². The Balaban J connectivity index is 2.46. The van der Waals surface area contributed by atoms with Gasteiger partial charge < -0.3 is 4.79 Å². The number of fused-ring (bicyclic) bond motifs is 1. The molecule has 0 saturated carbocycles. The number of hydrogen-bond donors (Lipinski definition) is 0. The lowest BCUT2D eigenvalue weighted by atomic mass is 9.97. The number of benzene rings is 2. The Morgan fingerprint density at radius 1 is 1.06 bits per heavy atom. The molecule has 0 unspecified atom stereocenters. The summed E-state index contributed by atoms with van der Waals surface area (Å²) in [7, 11) is 0. The predicted octanol–water partition coefficient (Wildman–Crippen LogP) is 3.67. The quantitative estimate of drug-likeness (QED) is 0.758. The Morgan fingerprint density at radius 2 is 1.75 bits per heavy atom. The normalized spacial score (nSPS) is 10.6. The van der Waals surface area contributed by atoms with Gasteiger partial charge in [-0.2, -0.15) is 0 Å². The SMILES string of the molecule is CC(=O)CCc1ccc(C)c2ccccc12. The molecule has 2 aromatic rings. The summed E-state index contributed by atoms with van der Waals surface area (Å²) in [4.78, 5) is 11.0. The van der Waals surface area contributed by atoms with Crippen LogP contribution in [0.4, 0.5) is 0 Å². The number of ketones is 1. The molecule has 1 heteroatoms. The molecule has 0 atom stereocenters. The van der Waals surface area contributed by atoms with Gasteiger partial charge in [0, 0.05) is 6.42 Å². The smallest absolute Gasteiger partial charge is 0.130 e. The van der Waals surface area contributed by atoms with E-state index in [0.717, 1.165) is 6.42 Å². The highest BCUT2D eigenvalue weighted by atomic mass is 16.1. The Hall–Kier alpha value is -1.63. The van der Waals surface area contributed by atoms with E-state index in [-0.39, 0.29) is 5.78 Å². The second-order valence-corrected chi connectivity index (χ2v) is 4.29. The van der Waals surface area contributed by atoms with Crippen molar-refractivity contribution in [2.45, 2.75) is 26.7 Å². The van der Waals surface area contributed by atoms with E-state index in [0.29, 0.717) is 6.42 Å². The third-order valence-corrected chi connectivity index (χ3v) is 2.98. The first-order valence-electron chi connectivity index (χ1n) is 5.65. The van der Waals surface area contributed by atoms with E-state index in [4.69, 9.17) is 0 Å². The largest absolute Gasteiger partial charge is 0.300 e. The van der Waals surface area contributed by atoms with Gasteiger partial charge in [-0.15, -0.1) is 0 Å². The Labute approximate surface area is 96.1 Å². The van der Waals surface area contributed by atoms with E-state index in [1.165, 1.54) is 21.9 Å². The summed E-state index contributed by atoms with van der Waals surface area (Å²) >= 11 is 0. The van der Waals surface area contributed by atoms with Crippen molar-refractivity contribution in [3.8, 4) is 0 Å². The Kier molecular flexibility index (Phi) is 3.04. The highest BCUT2D eigenvalue weighted by Crippen LogP contribution is 2.23. The monoisotopic (exact) mass is 212 g/mol. The van der Waals surface area contributed by atoms with E-state index in [9.17, 15) is 4.79 Å². The minimum absolute atomic E-state index is 0.254. The van der Waals surface area contributed by atoms with Gasteiger partial charge >= 0.3 is 0 Å². The van der Waals surface area contributed by atoms with Gasteiger partial charge in [0.05, 0.1) is 0 Å². The highest BCUT2D eigenvalue weighted by molar-refractivity contribution is 5.89. The van der Waals surface area contributed by atoms with Crippen LogP contribution in [0.5, 0.6) is 0 Å². The molecule has 0 amide bonds. The molecule has 0 aliphatic heterocycles. The van der Waals surface area contributed by atoms with Crippen molar-refractivity contribution in [1.82, 2.24) is 0 Å². The molecule has 0 aliphatic rings. The maximum absolute atomic E-state index is 11.0. The van der Waals surface area contributed by atoms with Gasteiger partial charge in [-0.05, 0) is 42.2 Å². The molecule has 1 nitrogen and oxygen atoms in total. The van der Waals surface area contributed by atoms with Crippen LogP contribution in [0.2, 0.25) is 0 Å². The van der Waals surface area contributed by atoms with Crippen molar-refractivity contribution in [3.63, 3.8) is 0 Å². The summed E-state index contributed by atoms with van der Waals surface area (Å²) in [5.41, 5.74) is 2.57. The third kappa shape index (κ3) is 2.13. The molecular formula is C15H16O. The van der Waals surface area contributed by atoms with Crippen molar-refractivity contribution in [2.24, 2.45) is 0 Å². The van der Waals surface area contributed by atoms with Gasteiger partial charge in [0.1, 0.15) is 5.78 Å². The molecule has 16 heavy (non-hydrogen) atoms. The number of rotatable bonds is 3. The first-order valence-corrected chi connectivity index (χ1v) is 5.65. The summed E-state index contributed by atoms with van der Waals surface area (Å²) in [6.07, 6.45) is 1.48. The summed E-state index contributed by atoms with van der Waals surface area (Å²) in [5, 5.41) is 2.58. The molecular weight excluding hydrogens is 196 g/mol. The van der Waals surface area contributed by atoms with Crippen LogP contribution in [0, 0.1) is 6.92 Å². The van der Waals surface area contributed by atoms with Crippen molar-refractivity contribution >= 4 is 16.6 Å². The molecule has 0 saturated heterocycles. The van der Waals surface area contributed by atoms with Gasteiger partial charge in [0.25, 0.3) is 0 Å². The average molecular weight is 212 g/mol. The molecule has 82 valence electrons. The summed E-state index contributed by atoms with van der Waals surface area (Å²) < 4.78 is 0. The maximum atomic E-state index is 11.0. The molecule has 2 rings (SSSR count). The van der Waals surface area contributed by atoms with Crippen LogP contribution in [0.25, 0.3) is 10.8 Å². The number of Topliss-reactive ketones (excluding diaryl/α,β-unsaturated/α-hetero) is 1. The summed E-state index contributed by atoms with van der Waals surface area (Å²) in [6, 6.07) is 12.7. The summed E-state index contributed by atoms with van der Waals surface area (Å²) in [5.74, 6) is 0.254. The molecule has 2 aromatic carbocycles. The first-order chi connectivity index (χ1) is 7.68. The van der Waals surface area contributed by atoms with Gasteiger partial charge in [0.15, 0.2) is 0 Å². The zero-order chi connectivity index (χ0) is 11.5. The molecule has 0 aliphatic carbocycles. The first kappa shape index (κ1) is 10.9. The van der Waals surface area contributed by atoms with E-state index in [2.05, 4.69) is 43.3 Å². The van der Waals surface area contributed by atoms with Crippen molar-refractivity contribution in [1.29, 1.82) is 0 Å². The van der Waals surface area contributed by atoms with E-state index in [1.807, 2.05) is 0 Å². The molecule has 0 fully saturated rings.